The molecule has 0 unspecified atom stereocenters. The first-order chi connectivity index (χ1) is 13.8. The van der Waals surface area contributed by atoms with Crippen molar-refractivity contribution in [3.63, 3.8) is 0 Å². The molecule has 0 atom stereocenters. The van der Waals surface area contributed by atoms with Gasteiger partial charge in [-0.05, 0) is 36.4 Å². The van der Waals surface area contributed by atoms with E-state index < -0.39 is 20.9 Å². The molecular weight excluding hydrogens is 416 g/mol. The second-order valence-electron chi connectivity index (χ2n) is 5.61. The molecular formula is C18H14N4O5S2. The number of carbonyl (C=O) groups excluding carboxylic acids is 1. The summed E-state index contributed by atoms with van der Waals surface area (Å²) in [5.41, 5.74) is 0.552. The minimum Gasteiger partial charge on any atom is -0.323 e. The summed E-state index contributed by atoms with van der Waals surface area (Å²) in [5.74, 6) is -0.514. The van der Waals surface area contributed by atoms with Crippen LogP contribution in [0, 0.1) is 10.1 Å². The van der Waals surface area contributed by atoms with Gasteiger partial charge in [0.15, 0.2) is 5.13 Å². The van der Waals surface area contributed by atoms with Gasteiger partial charge in [-0.3, -0.25) is 19.6 Å². The quantitative estimate of drug-likeness (QED) is 0.335. The molecule has 9 nitrogen and oxygen atoms in total. The number of amides is 1. The summed E-state index contributed by atoms with van der Waals surface area (Å²) in [7, 11) is -3.78. The molecule has 1 heterocycles. The second kappa shape index (κ2) is 8.63. The van der Waals surface area contributed by atoms with E-state index in [0.717, 1.165) is 17.4 Å². The molecule has 2 aromatic carbocycles. The van der Waals surface area contributed by atoms with Crippen LogP contribution in [0.2, 0.25) is 0 Å². The number of benzene rings is 2. The summed E-state index contributed by atoms with van der Waals surface area (Å²) in [6.07, 6.45) is 3.99. The molecule has 0 fully saturated rings. The van der Waals surface area contributed by atoms with E-state index in [2.05, 4.69) is 15.0 Å². The van der Waals surface area contributed by atoms with Gasteiger partial charge in [0.25, 0.3) is 15.7 Å². The van der Waals surface area contributed by atoms with Gasteiger partial charge in [0.1, 0.15) is 0 Å². The second-order valence-corrected chi connectivity index (χ2v) is 8.18. The van der Waals surface area contributed by atoms with Gasteiger partial charge in [-0.2, -0.15) is 0 Å². The molecule has 29 heavy (non-hydrogen) atoms. The molecule has 0 aliphatic heterocycles. The lowest BCUT2D eigenvalue weighted by Crippen LogP contribution is -2.13. The van der Waals surface area contributed by atoms with Crippen LogP contribution >= 0.6 is 11.3 Å². The Labute approximate surface area is 169 Å². The molecule has 3 aromatic rings. The van der Waals surface area contributed by atoms with Crippen molar-refractivity contribution in [3.05, 3.63) is 81.9 Å². The molecule has 11 heteroatoms. The van der Waals surface area contributed by atoms with Crippen molar-refractivity contribution in [1.29, 1.82) is 0 Å². The van der Waals surface area contributed by atoms with Gasteiger partial charge < -0.3 is 5.32 Å². The first-order valence-electron chi connectivity index (χ1n) is 8.10. The first kappa shape index (κ1) is 20.2. The highest BCUT2D eigenvalue weighted by Crippen LogP contribution is 2.21. The van der Waals surface area contributed by atoms with E-state index in [1.807, 2.05) is 0 Å². The van der Waals surface area contributed by atoms with Gasteiger partial charge in [0.2, 0.25) is 5.91 Å². The number of para-hydroxylation sites is 1. The van der Waals surface area contributed by atoms with Gasteiger partial charge in [-0.15, -0.1) is 11.3 Å². The molecule has 0 saturated carbocycles. The summed E-state index contributed by atoms with van der Waals surface area (Å²) < 4.78 is 26.9. The van der Waals surface area contributed by atoms with Crippen molar-refractivity contribution >= 4 is 49.8 Å². The van der Waals surface area contributed by atoms with E-state index in [1.165, 1.54) is 54.7 Å². The van der Waals surface area contributed by atoms with Crippen LogP contribution in [0.15, 0.2) is 71.1 Å². The Bertz CT molecular complexity index is 1160. The van der Waals surface area contributed by atoms with Crippen molar-refractivity contribution < 1.29 is 18.1 Å². The predicted molar refractivity (Wildman–Crippen MR) is 110 cm³/mol. The maximum atomic E-state index is 12.3. The van der Waals surface area contributed by atoms with Gasteiger partial charge in [0, 0.05) is 29.4 Å². The molecule has 1 amide bonds. The fourth-order valence-corrected chi connectivity index (χ4v) is 4.10. The minimum absolute atomic E-state index is 0.0150. The fraction of sp³-hybridized carbons (Fsp3) is 0. The van der Waals surface area contributed by atoms with Crippen LogP contribution in [0.25, 0.3) is 6.08 Å². The smallest absolute Gasteiger partial charge is 0.276 e. The van der Waals surface area contributed by atoms with Crippen molar-refractivity contribution in [3.8, 4) is 0 Å². The lowest BCUT2D eigenvalue weighted by atomic mass is 10.1. The highest BCUT2D eigenvalue weighted by atomic mass is 32.2. The molecule has 3 rings (SSSR count). The monoisotopic (exact) mass is 430 g/mol. The topological polar surface area (TPSA) is 131 Å². The molecule has 0 aliphatic rings. The van der Waals surface area contributed by atoms with Crippen LogP contribution < -0.4 is 10.0 Å². The van der Waals surface area contributed by atoms with Crippen molar-refractivity contribution in [2.24, 2.45) is 0 Å². The Morgan fingerprint density at radius 3 is 2.52 bits per heavy atom. The number of nitrogens with one attached hydrogen (secondary N) is 2. The zero-order chi connectivity index (χ0) is 20.9. The zero-order valence-electron chi connectivity index (χ0n) is 14.7. The predicted octanol–water partition coefficient (Wildman–Crippen LogP) is 3.50. The number of nitrogens with zero attached hydrogens (tertiary/aromatic N) is 2. The van der Waals surface area contributed by atoms with Crippen LogP contribution in [0.5, 0.6) is 0 Å². The van der Waals surface area contributed by atoms with Crippen molar-refractivity contribution in [2.45, 2.75) is 4.90 Å². The van der Waals surface area contributed by atoms with Gasteiger partial charge >= 0.3 is 0 Å². The normalized spacial score (nSPS) is 11.3. The van der Waals surface area contributed by atoms with Crippen LogP contribution in [0.4, 0.5) is 16.5 Å². The van der Waals surface area contributed by atoms with Crippen LogP contribution in [-0.2, 0) is 14.8 Å². The summed E-state index contributed by atoms with van der Waals surface area (Å²) in [4.78, 5) is 26.4. The Balaban J connectivity index is 1.67. The number of carbonyl (C=O) groups is 1. The number of anilines is 2. The zero-order valence-corrected chi connectivity index (χ0v) is 16.3. The van der Waals surface area contributed by atoms with Crippen molar-refractivity contribution in [2.75, 3.05) is 10.0 Å². The highest BCUT2D eigenvalue weighted by molar-refractivity contribution is 7.93. The molecule has 0 spiro atoms. The number of hydrogen-bond acceptors (Lipinski definition) is 7. The Kier molecular flexibility index (Phi) is 6.00. The van der Waals surface area contributed by atoms with Gasteiger partial charge in [-0.1, -0.05) is 12.1 Å². The molecule has 1 aromatic heterocycles. The third-order valence-corrected chi connectivity index (χ3v) is 5.81. The SMILES string of the molecule is O=C(/C=C/c1ccccc1[N+](=O)[O-])Nc1ccc(S(=O)(=O)Nc2nccs2)cc1. The van der Waals surface area contributed by atoms with E-state index in [4.69, 9.17) is 0 Å². The number of hydrogen-bond donors (Lipinski definition) is 2. The Morgan fingerprint density at radius 2 is 1.86 bits per heavy atom. The standard InChI is InChI=1S/C18H14N4O5S2/c23-17(10-5-13-3-1-2-4-16(13)22(24)25)20-14-6-8-15(9-7-14)29(26,27)21-18-19-11-12-28-18/h1-12H,(H,19,21)(H,20,23)/b10-5+. The summed E-state index contributed by atoms with van der Waals surface area (Å²) in [5, 5.41) is 15.4. The molecule has 148 valence electrons. The van der Waals surface area contributed by atoms with Crippen molar-refractivity contribution in [1.82, 2.24) is 4.98 Å². The summed E-state index contributed by atoms with van der Waals surface area (Å²) >= 11 is 1.15. The number of nitro benzene ring substituents is 1. The maximum Gasteiger partial charge on any atom is 0.276 e. The number of aromatic nitrogens is 1. The average Bonchev–Trinajstić information content (AvgIpc) is 3.19. The minimum atomic E-state index is -3.78. The summed E-state index contributed by atoms with van der Waals surface area (Å²) in [6, 6.07) is 11.6. The fourth-order valence-electron chi connectivity index (χ4n) is 2.31. The maximum absolute atomic E-state index is 12.3. The van der Waals surface area contributed by atoms with E-state index in [-0.39, 0.29) is 15.7 Å². The lowest BCUT2D eigenvalue weighted by molar-refractivity contribution is -0.385. The molecule has 0 radical (unpaired) electrons. The molecule has 0 aliphatic carbocycles. The van der Waals surface area contributed by atoms with E-state index in [9.17, 15) is 23.3 Å². The molecule has 2 N–H and O–H groups in total. The third kappa shape index (κ3) is 5.24. The van der Waals surface area contributed by atoms with Crippen LogP contribution in [0.1, 0.15) is 5.56 Å². The molecule has 0 saturated heterocycles. The van der Waals surface area contributed by atoms with Gasteiger partial charge in [-0.25, -0.2) is 13.4 Å². The number of rotatable bonds is 7. The number of thiazole rings is 1. The number of nitro groups is 1. The van der Waals surface area contributed by atoms with Gasteiger partial charge in [0.05, 0.1) is 15.4 Å². The molecule has 0 bridgehead atoms. The Hall–Kier alpha value is -3.57. The van der Waals surface area contributed by atoms with E-state index >= 15 is 0 Å². The van der Waals surface area contributed by atoms with Crippen LogP contribution in [-0.4, -0.2) is 24.2 Å². The largest absolute Gasteiger partial charge is 0.323 e. The van der Waals surface area contributed by atoms with E-state index in [1.54, 1.807) is 11.4 Å². The van der Waals surface area contributed by atoms with Crippen LogP contribution in [0.3, 0.4) is 0 Å². The lowest BCUT2D eigenvalue weighted by Gasteiger charge is -2.07. The first-order valence-corrected chi connectivity index (χ1v) is 10.5. The summed E-state index contributed by atoms with van der Waals surface area (Å²) in [6.45, 7) is 0. The highest BCUT2D eigenvalue weighted by Gasteiger charge is 2.15. The number of sulfonamides is 1. The average molecular weight is 430 g/mol. The Morgan fingerprint density at radius 1 is 1.14 bits per heavy atom. The van der Waals surface area contributed by atoms with E-state index in [0.29, 0.717) is 11.3 Å². The third-order valence-electron chi connectivity index (χ3n) is 3.63.